The van der Waals surface area contributed by atoms with E-state index in [4.69, 9.17) is 0 Å². The Hall–Kier alpha value is -2.43. The van der Waals surface area contributed by atoms with Crippen molar-refractivity contribution in [3.05, 3.63) is 65.2 Å². The summed E-state index contributed by atoms with van der Waals surface area (Å²) in [6.45, 7) is 3.69. The lowest BCUT2D eigenvalue weighted by Gasteiger charge is -2.15. The molecule has 3 nitrogen and oxygen atoms in total. The Labute approximate surface area is 128 Å². The number of hydrogen-bond acceptors (Lipinski definition) is 2. The minimum Gasteiger partial charge on any atom is -0.376 e. The molecule has 0 bridgehead atoms. The fourth-order valence-electron chi connectivity index (χ4n) is 2.09. The molecule has 1 amide bonds. The van der Waals surface area contributed by atoms with Crippen LogP contribution >= 0.6 is 0 Å². The first kappa shape index (κ1) is 15.9. The Morgan fingerprint density at radius 2 is 1.73 bits per heavy atom. The smallest absolute Gasteiger partial charge is 0.239 e. The Morgan fingerprint density at radius 1 is 1.09 bits per heavy atom. The van der Waals surface area contributed by atoms with Crippen molar-refractivity contribution in [2.75, 3.05) is 11.9 Å². The zero-order valence-electron chi connectivity index (χ0n) is 12.5. The highest BCUT2D eigenvalue weighted by atomic mass is 19.1. The SMILES string of the molecule is Cc1ccc(F)cc1NCC(=O)NC(C)c1ccc(F)cc1. The highest BCUT2D eigenvalue weighted by Crippen LogP contribution is 2.16. The van der Waals surface area contributed by atoms with E-state index in [1.165, 1.54) is 24.3 Å². The Kier molecular flexibility index (Phi) is 5.09. The molecule has 0 aliphatic rings. The number of carbonyl (C=O) groups excluding carboxylic acids is 1. The topological polar surface area (TPSA) is 41.1 Å². The number of halogens is 2. The molecule has 0 fully saturated rings. The Bertz CT molecular complexity index is 656. The molecule has 1 unspecified atom stereocenters. The molecule has 2 aromatic rings. The van der Waals surface area contributed by atoms with E-state index in [0.717, 1.165) is 11.1 Å². The average molecular weight is 304 g/mol. The summed E-state index contributed by atoms with van der Waals surface area (Å²) in [4.78, 5) is 11.9. The maximum atomic E-state index is 13.2. The lowest BCUT2D eigenvalue weighted by Crippen LogP contribution is -2.32. The molecular weight excluding hydrogens is 286 g/mol. The van der Waals surface area contributed by atoms with E-state index in [9.17, 15) is 13.6 Å². The van der Waals surface area contributed by atoms with Crippen LogP contribution in [-0.4, -0.2) is 12.5 Å². The highest BCUT2D eigenvalue weighted by molar-refractivity contribution is 5.81. The molecule has 0 aliphatic carbocycles. The van der Waals surface area contributed by atoms with Crippen LogP contribution in [0.25, 0.3) is 0 Å². The quantitative estimate of drug-likeness (QED) is 0.887. The molecule has 0 spiro atoms. The minimum absolute atomic E-state index is 0.0375. The van der Waals surface area contributed by atoms with Gasteiger partial charge in [0.1, 0.15) is 11.6 Å². The van der Waals surface area contributed by atoms with Gasteiger partial charge in [-0.2, -0.15) is 0 Å². The number of amides is 1. The zero-order valence-corrected chi connectivity index (χ0v) is 12.5. The van der Waals surface area contributed by atoms with Crippen molar-refractivity contribution >= 4 is 11.6 Å². The molecule has 0 saturated carbocycles. The summed E-state index contributed by atoms with van der Waals surface area (Å²) < 4.78 is 26.0. The molecule has 0 aliphatic heterocycles. The third kappa shape index (κ3) is 4.28. The summed E-state index contributed by atoms with van der Waals surface area (Å²) >= 11 is 0. The fourth-order valence-corrected chi connectivity index (χ4v) is 2.09. The van der Waals surface area contributed by atoms with E-state index >= 15 is 0 Å². The molecule has 5 heteroatoms. The van der Waals surface area contributed by atoms with Crippen molar-refractivity contribution in [1.82, 2.24) is 5.32 Å². The predicted octanol–water partition coefficient (Wildman–Crippen LogP) is 3.56. The molecule has 0 aromatic heterocycles. The van der Waals surface area contributed by atoms with Gasteiger partial charge in [-0.25, -0.2) is 8.78 Å². The van der Waals surface area contributed by atoms with Crippen LogP contribution in [0.3, 0.4) is 0 Å². The van der Waals surface area contributed by atoms with E-state index in [-0.39, 0.29) is 30.1 Å². The lowest BCUT2D eigenvalue weighted by atomic mass is 10.1. The van der Waals surface area contributed by atoms with Crippen molar-refractivity contribution in [3.8, 4) is 0 Å². The van der Waals surface area contributed by atoms with Gasteiger partial charge < -0.3 is 10.6 Å². The third-order valence-corrected chi connectivity index (χ3v) is 3.39. The number of benzene rings is 2. The largest absolute Gasteiger partial charge is 0.376 e. The van der Waals surface area contributed by atoms with Crippen LogP contribution < -0.4 is 10.6 Å². The van der Waals surface area contributed by atoms with Crippen molar-refractivity contribution < 1.29 is 13.6 Å². The van der Waals surface area contributed by atoms with Gasteiger partial charge in [0, 0.05) is 5.69 Å². The molecule has 0 heterocycles. The van der Waals surface area contributed by atoms with Crippen LogP contribution in [0.5, 0.6) is 0 Å². The van der Waals surface area contributed by atoms with Gasteiger partial charge in [0.15, 0.2) is 0 Å². The number of rotatable bonds is 5. The molecule has 2 N–H and O–H groups in total. The van der Waals surface area contributed by atoms with Crippen LogP contribution in [0.15, 0.2) is 42.5 Å². The molecular formula is C17H18F2N2O. The Balaban J connectivity index is 1.90. The van der Waals surface area contributed by atoms with Gasteiger partial charge in [-0.05, 0) is 49.2 Å². The van der Waals surface area contributed by atoms with E-state index in [0.29, 0.717) is 5.69 Å². The Morgan fingerprint density at radius 3 is 2.41 bits per heavy atom. The molecule has 0 radical (unpaired) electrons. The average Bonchev–Trinajstić information content (AvgIpc) is 2.49. The second-order valence-corrected chi connectivity index (χ2v) is 5.15. The van der Waals surface area contributed by atoms with E-state index in [2.05, 4.69) is 10.6 Å². The van der Waals surface area contributed by atoms with Crippen LogP contribution in [0.1, 0.15) is 24.1 Å². The van der Waals surface area contributed by atoms with Crippen molar-refractivity contribution in [3.63, 3.8) is 0 Å². The molecule has 2 rings (SSSR count). The van der Waals surface area contributed by atoms with Gasteiger partial charge in [0.25, 0.3) is 0 Å². The maximum Gasteiger partial charge on any atom is 0.239 e. The second-order valence-electron chi connectivity index (χ2n) is 5.15. The second kappa shape index (κ2) is 7.02. The monoisotopic (exact) mass is 304 g/mol. The fraction of sp³-hybridized carbons (Fsp3) is 0.235. The predicted molar refractivity (Wildman–Crippen MR) is 82.6 cm³/mol. The van der Waals surface area contributed by atoms with Crippen molar-refractivity contribution in [2.24, 2.45) is 0 Å². The standard InChI is InChI=1S/C17H18F2N2O/c1-11-3-6-15(19)9-16(11)20-10-17(22)21-12(2)13-4-7-14(18)8-5-13/h3-9,12,20H,10H2,1-2H3,(H,21,22). The van der Waals surface area contributed by atoms with Crippen molar-refractivity contribution in [1.29, 1.82) is 0 Å². The molecule has 0 saturated heterocycles. The third-order valence-electron chi connectivity index (χ3n) is 3.39. The van der Waals surface area contributed by atoms with Gasteiger partial charge in [0.05, 0.1) is 12.6 Å². The van der Waals surface area contributed by atoms with Crippen LogP contribution in [-0.2, 0) is 4.79 Å². The first-order valence-corrected chi connectivity index (χ1v) is 7.00. The molecule has 1 atom stereocenters. The zero-order chi connectivity index (χ0) is 16.1. The van der Waals surface area contributed by atoms with E-state index < -0.39 is 0 Å². The van der Waals surface area contributed by atoms with Crippen LogP contribution in [0.2, 0.25) is 0 Å². The summed E-state index contributed by atoms with van der Waals surface area (Å²) in [6, 6.07) is 10.1. The highest BCUT2D eigenvalue weighted by Gasteiger charge is 2.10. The normalized spacial score (nSPS) is 11.8. The maximum absolute atomic E-state index is 13.2. The van der Waals surface area contributed by atoms with Crippen LogP contribution in [0.4, 0.5) is 14.5 Å². The van der Waals surface area contributed by atoms with Crippen LogP contribution in [0, 0.1) is 18.6 Å². The summed E-state index contributed by atoms with van der Waals surface area (Å²) in [5.41, 5.74) is 2.27. The summed E-state index contributed by atoms with van der Waals surface area (Å²) in [7, 11) is 0. The molecule has 2 aromatic carbocycles. The number of anilines is 1. The van der Waals surface area contributed by atoms with E-state index in [1.54, 1.807) is 18.2 Å². The van der Waals surface area contributed by atoms with Gasteiger partial charge in [-0.1, -0.05) is 18.2 Å². The van der Waals surface area contributed by atoms with Gasteiger partial charge in [-0.3, -0.25) is 4.79 Å². The summed E-state index contributed by atoms with van der Waals surface area (Å²) in [5, 5.41) is 5.71. The minimum atomic E-state index is -0.354. The lowest BCUT2D eigenvalue weighted by molar-refractivity contribution is -0.120. The molecule has 22 heavy (non-hydrogen) atoms. The first-order chi connectivity index (χ1) is 10.5. The van der Waals surface area contributed by atoms with Gasteiger partial charge in [-0.15, -0.1) is 0 Å². The number of carbonyl (C=O) groups is 1. The summed E-state index contributed by atoms with van der Waals surface area (Å²) in [5.74, 6) is -0.890. The van der Waals surface area contributed by atoms with Crippen molar-refractivity contribution in [2.45, 2.75) is 19.9 Å². The van der Waals surface area contributed by atoms with E-state index in [1.807, 2.05) is 13.8 Å². The number of nitrogens with one attached hydrogen (secondary N) is 2. The number of hydrogen-bond donors (Lipinski definition) is 2. The summed E-state index contributed by atoms with van der Waals surface area (Å²) in [6.07, 6.45) is 0. The molecule has 116 valence electrons. The van der Waals surface area contributed by atoms with Gasteiger partial charge in [0.2, 0.25) is 5.91 Å². The van der Waals surface area contributed by atoms with Gasteiger partial charge >= 0.3 is 0 Å². The number of aryl methyl sites for hydroxylation is 1. The first-order valence-electron chi connectivity index (χ1n) is 7.00.